The molecule has 2 aromatic rings. The number of anilines is 1. The van der Waals surface area contributed by atoms with Crippen LogP contribution in [0.5, 0.6) is 0 Å². The van der Waals surface area contributed by atoms with Crippen molar-refractivity contribution < 1.29 is 18.0 Å². The van der Waals surface area contributed by atoms with Crippen LogP contribution >= 0.6 is 0 Å². The van der Waals surface area contributed by atoms with Gasteiger partial charge in [-0.2, -0.15) is 0 Å². The van der Waals surface area contributed by atoms with Gasteiger partial charge in [-0.15, -0.1) is 0 Å². The zero-order valence-corrected chi connectivity index (χ0v) is 15.4. The monoisotopic (exact) mass is 375 g/mol. The highest BCUT2D eigenvalue weighted by Gasteiger charge is 2.17. The fourth-order valence-corrected chi connectivity index (χ4v) is 3.12. The molecule has 0 aliphatic rings. The third-order valence-electron chi connectivity index (χ3n) is 3.55. The number of amides is 2. The van der Waals surface area contributed by atoms with Crippen molar-refractivity contribution in [3.8, 4) is 0 Å². The minimum Gasteiger partial charge on any atom is -0.347 e. The van der Waals surface area contributed by atoms with Crippen LogP contribution in [-0.2, 0) is 26.0 Å². The van der Waals surface area contributed by atoms with Crippen molar-refractivity contribution in [3.63, 3.8) is 0 Å². The van der Waals surface area contributed by atoms with E-state index in [1.165, 1.54) is 26.2 Å². The van der Waals surface area contributed by atoms with Gasteiger partial charge in [0.05, 0.1) is 17.9 Å². The number of carbonyl (C=O) groups is 2. The molecule has 8 heteroatoms. The molecule has 2 amide bonds. The topological polar surface area (TPSA) is 95.6 Å². The highest BCUT2D eigenvalue weighted by molar-refractivity contribution is 7.89. The first-order chi connectivity index (χ1) is 12.3. The van der Waals surface area contributed by atoms with Crippen molar-refractivity contribution in [2.24, 2.45) is 0 Å². The summed E-state index contributed by atoms with van der Waals surface area (Å²) in [6, 6.07) is 15.1. The van der Waals surface area contributed by atoms with Crippen molar-refractivity contribution in [1.82, 2.24) is 9.62 Å². The summed E-state index contributed by atoms with van der Waals surface area (Å²) in [6.07, 6.45) is 0.185. The molecule has 7 nitrogen and oxygen atoms in total. The Morgan fingerprint density at radius 2 is 1.65 bits per heavy atom. The van der Waals surface area contributed by atoms with E-state index in [2.05, 4.69) is 10.6 Å². The number of benzene rings is 2. The van der Waals surface area contributed by atoms with Gasteiger partial charge in [0.2, 0.25) is 21.8 Å². The van der Waals surface area contributed by atoms with Gasteiger partial charge in [-0.1, -0.05) is 36.4 Å². The average Bonchev–Trinajstić information content (AvgIpc) is 2.61. The quantitative estimate of drug-likeness (QED) is 0.761. The molecule has 26 heavy (non-hydrogen) atoms. The van der Waals surface area contributed by atoms with E-state index < -0.39 is 15.9 Å². The van der Waals surface area contributed by atoms with Crippen LogP contribution in [0.4, 0.5) is 5.69 Å². The van der Waals surface area contributed by atoms with Gasteiger partial charge in [0.25, 0.3) is 0 Å². The van der Waals surface area contributed by atoms with Crippen LogP contribution in [0.25, 0.3) is 0 Å². The Morgan fingerprint density at radius 3 is 2.31 bits per heavy atom. The average molecular weight is 375 g/mol. The Balaban J connectivity index is 1.91. The largest absolute Gasteiger partial charge is 0.347 e. The van der Waals surface area contributed by atoms with Crippen LogP contribution in [0.3, 0.4) is 0 Å². The fourth-order valence-electron chi connectivity index (χ4n) is 2.17. The van der Waals surface area contributed by atoms with E-state index in [0.29, 0.717) is 5.69 Å². The molecule has 2 N–H and O–H groups in total. The number of carbonyl (C=O) groups excluding carboxylic acids is 2. The zero-order valence-electron chi connectivity index (χ0n) is 14.6. The number of nitrogens with one attached hydrogen (secondary N) is 2. The third-order valence-corrected chi connectivity index (χ3v) is 5.36. The second-order valence-electron chi connectivity index (χ2n) is 5.80. The van der Waals surface area contributed by atoms with Crippen LogP contribution in [0.15, 0.2) is 59.5 Å². The summed E-state index contributed by atoms with van der Waals surface area (Å²) in [4.78, 5) is 23.9. The Morgan fingerprint density at radius 1 is 0.962 bits per heavy atom. The summed E-state index contributed by atoms with van der Waals surface area (Å²) in [7, 11) is -0.716. The van der Waals surface area contributed by atoms with E-state index >= 15 is 0 Å². The van der Waals surface area contributed by atoms with Gasteiger partial charge in [0.15, 0.2) is 0 Å². The number of hydrogen-bond acceptors (Lipinski definition) is 4. The smallest absolute Gasteiger partial charge is 0.243 e. The van der Waals surface area contributed by atoms with Crippen LogP contribution in [0, 0.1) is 0 Å². The van der Waals surface area contributed by atoms with Gasteiger partial charge in [0, 0.05) is 19.8 Å². The minimum atomic E-state index is -3.58. The summed E-state index contributed by atoms with van der Waals surface area (Å²) in [5.41, 5.74) is 1.20. The van der Waals surface area contributed by atoms with Crippen molar-refractivity contribution >= 4 is 27.5 Å². The molecule has 0 aliphatic carbocycles. The summed E-state index contributed by atoms with van der Waals surface area (Å²) >= 11 is 0. The van der Waals surface area contributed by atoms with E-state index in [0.717, 1.165) is 9.87 Å². The molecule has 2 aromatic carbocycles. The van der Waals surface area contributed by atoms with E-state index in [1.54, 1.807) is 12.1 Å². The summed E-state index contributed by atoms with van der Waals surface area (Å²) in [5, 5.41) is 5.11. The van der Waals surface area contributed by atoms with E-state index in [1.807, 2.05) is 30.3 Å². The first kappa shape index (κ1) is 19.6. The van der Waals surface area contributed by atoms with Gasteiger partial charge in [-0.25, -0.2) is 12.7 Å². The number of rotatable bonds is 7. The standard InChI is InChI=1S/C18H21N3O4S/c1-21(2)26(24,25)16-10-6-9-15(12-16)20-18(23)13-19-17(22)11-14-7-4-3-5-8-14/h3-10,12H,11,13H2,1-2H3,(H,19,22)(H,20,23). The second-order valence-corrected chi connectivity index (χ2v) is 7.95. The van der Waals surface area contributed by atoms with Gasteiger partial charge < -0.3 is 10.6 Å². The Labute approximate surface area is 153 Å². The lowest BCUT2D eigenvalue weighted by atomic mass is 10.1. The molecular weight excluding hydrogens is 354 g/mol. The summed E-state index contributed by atoms with van der Waals surface area (Å²) in [6.45, 7) is -0.198. The van der Waals surface area contributed by atoms with Crippen molar-refractivity contribution in [2.75, 3.05) is 26.0 Å². The Bertz CT molecular complexity index is 880. The third kappa shape index (κ3) is 5.40. The molecule has 2 rings (SSSR count). The minimum absolute atomic E-state index is 0.0772. The lowest BCUT2D eigenvalue weighted by Gasteiger charge is -2.13. The molecule has 0 saturated heterocycles. The lowest BCUT2D eigenvalue weighted by molar-refractivity contribution is -0.123. The maximum absolute atomic E-state index is 12.1. The fraction of sp³-hybridized carbons (Fsp3) is 0.222. The molecule has 0 radical (unpaired) electrons. The van der Waals surface area contributed by atoms with Crippen LogP contribution in [-0.4, -0.2) is 45.2 Å². The predicted octanol–water partition coefficient (Wildman–Crippen LogP) is 1.23. The molecule has 0 heterocycles. The molecule has 0 spiro atoms. The van der Waals surface area contributed by atoms with E-state index in [4.69, 9.17) is 0 Å². The normalized spacial score (nSPS) is 11.2. The zero-order chi connectivity index (χ0) is 19.2. The SMILES string of the molecule is CN(C)S(=O)(=O)c1cccc(NC(=O)CNC(=O)Cc2ccccc2)c1. The van der Waals surface area contributed by atoms with E-state index in [9.17, 15) is 18.0 Å². The second kappa shape index (κ2) is 8.59. The first-order valence-corrected chi connectivity index (χ1v) is 9.36. The molecule has 0 aromatic heterocycles. The first-order valence-electron chi connectivity index (χ1n) is 7.92. The van der Waals surface area contributed by atoms with Gasteiger partial charge in [-0.05, 0) is 23.8 Å². The van der Waals surface area contributed by atoms with Crippen molar-refractivity contribution in [3.05, 3.63) is 60.2 Å². The van der Waals surface area contributed by atoms with Crippen LogP contribution in [0.2, 0.25) is 0 Å². The van der Waals surface area contributed by atoms with Gasteiger partial charge in [-0.3, -0.25) is 9.59 Å². The molecule has 0 unspecified atom stereocenters. The number of sulfonamides is 1. The van der Waals surface area contributed by atoms with Crippen LogP contribution < -0.4 is 10.6 Å². The molecule has 0 saturated carbocycles. The van der Waals surface area contributed by atoms with Crippen LogP contribution in [0.1, 0.15) is 5.56 Å². The Kier molecular flexibility index (Phi) is 6.48. The molecule has 0 fully saturated rings. The maximum Gasteiger partial charge on any atom is 0.243 e. The van der Waals surface area contributed by atoms with Crippen molar-refractivity contribution in [2.45, 2.75) is 11.3 Å². The predicted molar refractivity (Wildman–Crippen MR) is 99.1 cm³/mol. The maximum atomic E-state index is 12.1. The lowest BCUT2D eigenvalue weighted by Crippen LogP contribution is -2.33. The number of nitrogens with zero attached hydrogens (tertiary/aromatic N) is 1. The van der Waals surface area contributed by atoms with Crippen molar-refractivity contribution in [1.29, 1.82) is 0 Å². The molecule has 138 valence electrons. The van der Waals surface area contributed by atoms with E-state index in [-0.39, 0.29) is 23.8 Å². The van der Waals surface area contributed by atoms with Gasteiger partial charge >= 0.3 is 0 Å². The van der Waals surface area contributed by atoms with Gasteiger partial charge in [0.1, 0.15) is 0 Å². The molecule has 0 bridgehead atoms. The summed E-state index contributed by atoms with van der Waals surface area (Å²) in [5.74, 6) is -0.707. The highest BCUT2D eigenvalue weighted by atomic mass is 32.2. The molecule has 0 aliphatic heterocycles. The number of hydrogen-bond donors (Lipinski definition) is 2. The highest BCUT2D eigenvalue weighted by Crippen LogP contribution is 2.17. The molecule has 0 atom stereocenters. The molecular formula is C18H21N3O4S. The summed E-state index contributed by atoms with van der Waals surface area (Å²) < 4.78 is 25.3. The Hall–Kier alpha value is -2.71.